The van der Waals surface area contributed by atoms with Crippen molar-refractivity contribution in [2.45, 2.75) is 50.3 Å². The molecule has 2 heterocycles. The van der Waals surface area contributed by atoms with E-state index < -0.39 is 47.6 Å². The van der Waals surface area contributed by atoms with E-state index in [1.165, 1.54) is 6.07 Å². The number of hydrogen-bond donors (Lipinski definition) is 2. The highest BCUT2D eigenvalue weighted by Crippen LogP contribution is 2.48. The fourth-order valence-electron chi connectivity index (χ4n) is 3.38. The largest absolute Gasteiger partial charge is 0.481 e. The van der Waals surface area contributed by atoms with E-state index in [9.17, 15) is 32.3 Å². The number of anilines is 1. The Labute approximate surface area is 196 Å². The second-order valence-corrected chi connectivity index (χ2v) is 8.04. The lowest BCUT2D eigenvalue weighted by atomic mass is 9.89. The van der Waals surface area contributed by atoms with Gasteiger partial charge in [-0.25, -0.2) is 9.79 Å². The molecule has 3 aliphatic rings. The fourth-order valence-corrected chi connectivity index (χ4v) is 3.38. The van der Waals surface area contributed by atoms with Crippen LogP contribution in [0.4, 0.5) is 29.3 Å². The van der Waals surface area contributed by atoms with Gasteiger partial charge in [0.05, 0.1) is 17.8 Å². The highest BCUT2D eigenvalue weighted by molar-refractivity contribution is 6.02. The number of alkyl halides is 3. The van der Waals surface area contributed by atoms with Gasteiger partial charge in [-0.3, -0.25) is 19.7 Å². The number of aliphatic carboxylic acids is 1. The number of aliphatic imine (C=N–C) groups is 1. The summed E-state index contributed by atoms with van der Waals surface area (Å²) in [5.41, 5.74) is -4.10. The molecule has 3 amide bonds. The van der Waals surface area contributed by atoms with Gasteiger partial charge in [-0.05, 0) is 37.0 Å². The van der Waals surface area contributed by atoms with Crippen molar-refractivity contribution in [1.82, 2.24) is 5.06 Å². The second-order valence-electron chi connectivity index (χ2n) is 8.04. The summed E-state index contributed by atoms with van der Waals surface area (Å²) in [5.74, 6) is 1.46. The molecule has 0 aromatic heterocycles. The Balaban J connectivity index is 1.76. The van der Waals surface area contributed by atoms with E-state index in [0.29, 0.717) is 17.9 Å². The lowest BCUT2D eigenvalue weighted by Gasteiger charge is -2.35. The molecule has 0 radical (unpaired) electrons. The Hall–Kier alpha value is -4.08. The molecule has 1 unspecified atom stereocenters. The summed E-state index contributed by atoms with van der Waals surface area (Å²) in [7, 11) is 0. The lowest BCUT2D eigenvalue weighted by Crippen LogP contribution is -2.49. The van der Waals surface area contributed by atoms with Crippen LogP contribution in [0.25, 0.3) is 0 Å². The van der Waals surface area contributed by atoms with Gasteiger partial charge in [0, 0.05) is 30.7 Å². The molecule has 1 atom stereocenters. The number of carbonyl (C=O) groups excluding carboxylic acids is 3. The first kappa shape index (κ1) is 24.1. The maximum absolute atomic E-state index is 14.3. The molecular weight excluding hydrogens is 475 g/mol. The van der Waals surface area contributed by atoms with E-state index in [1.807, 2.05) is 0 Å². The minimum Gasteiger partial charge on any atom is -0.481 e. The van der Waals surface area contributed by atoms with Crippen molar-refractivity contribution in [2.24, 2.45) is 10.9 Å². The number of carboxylic acid groups (broad SMARTS) is 1. The minimum absolute atomic E-state index is 0.102. The third kappa shape index (κ3) is 5.06. The Morgan fingerprint density at radius 3 is 2.51 bits per heavy atom. The number of halogens is 3. The van der Waals surface area contributed by atoms with Gasteiger partial charge in [0.1, 0.15) is 0 Å². The average Bonchev–Trinajstić information content (AvgIpc) is 3.56. The van der Waals surface area contributed by atoms with Crippen LogP contribution >= 0.6 is 0 Å². The van der Waals surface area contributed by atoms with E-state index in [0.717, 1.165) is 12.1 Å². The molecular formula is C22H18F3N3O7. The second kappa shape index (κ2) is 8.94. The van der Waals surface area contributed by atoms with Gasteiger partial charge in [-0.1, -0.05) is 5.92 Å². The zero-order valence-electron chi connectivity index (χ0n) is 18.0. The first-order valence-corrected chi connectivity index (χ1v) is 10.6. The summed E-state index contributed by atoms with van der Waals surface area (Å²) >= 11 is 0. The Kier molecular flexibility index (Phi) is 6.14. The minimum atomic E-state index is -5.10. The molecule has 2 N–H and O–H groups in total. The third-order valence-corrected chi connectivity index (χ3v) is 5.30. The molecule has 4 rings (SSSR count). The van der Waals surface area contributed by atoms with Crippen molar-refractivity contribution in [2.75, 3.05) is 5.32 Å². The molecule has 0 spiro atoms. The number of nitrogens with zero attached hydrogens (tertiary/aromatic N) is 2. The molecule has 10 nitrogen and oxygen atoms in total. The number of carboxylic acids is 1. The molecule has 13 heteroatoms. The maximum Gasteiger partial charge on any atom is 0.445 e. The number of imide groups is 1. The van der Waals surface area contributed by atoms with E-state index >= 15 is 0 Å². The van der Waals surface area contributed by atoms with Gasteiger partial charge < -0.3 is 14.7 Å². The highest BCUT2D eigenvalue weighted by atomic mass is 19.4. The average molecular weight is 493 g/mol. The number of hydroxylamine groups is 2. The van der Waals surface area contributed by atoms with Gasteiger partial charge in [0.25, 0.3) is 17.4 Å². The van der Waals surface area contributed by atoms with E-state index in [1.54, 1.807) is 0 Å². The number of cyclic esters (lactones) is 1. The van der Waals surface area contributed by atoms with Gasteiger partial charge >= 0.3 is 18.2 Å². The maximum atomic E-state index is 14.3. The Morgan fingerprint density at radius 2 is 1.91 bits per heavy atom. The molecule has 1 aromatic rings. The zero-order chi connectivity index (χ0) is 25.4. The van der Waals surface area contributed by atoms with Crippen LogP contribution in [-0.2, 0) is 29.6 Å². The zero-order valence-corrected chi connectivity index (χ0v) is 18.0. The number of amides is 3. The molecule has 1 saturated carbocycles. The van der Waals surface area contributed by atoms with Crippen LogP contribution in [0.1, 0.15) is 44.1 Å². The predicted octanol–water partition coefficient (Wildman–Crippen LogP) is 3.40. The fraction of sp³-hybridized carbons (Fsp3) is 0.409. The lowest BCUT2D eigenvalue weighted by molar-refractivity contribution is -0.239. The predicted molar refractivity (Wildman–Crippen MR) is 111 cm³/mol. The number of ether oxygens (including phenoxy) is 1. The number of benzene rings is 1. The molecule has 0 bridgehead atoms. The van der Waals surface area contributed by atoms with E-state index in [2.05, 4.69) is 22.2 Å². The summed E-state index contributed by atoms with van der Waals surface area (Å²) in [6.07, 6.45) is -6.19. The molecule has 184 valence electrons. The van der Waals surface area contributed by atoms with Crippen molar-refractivity contribution >= 4 is 41.1 Å². The summed E-state index contributed by atoms with van der Waals surface area (Å²) in [6.45, 7) is 0. The number of nitrogens with one attached hydrogen (secondary N) is 1. The number of fused-ring (bicyclic) bond motifs is 1. The van der Waals surface area contributed by atoms with Crippen LogP contribution < -0.4 is 5.32 Å². The quantitative estimate of drug-likeness (QED) is 0.278. The van der Waals surface area contributed by atoms with Crippen molar-refractivity contribution in [3.05, 3.63) is 23.8 Å². The first-order valence-electron chi connectivity index (χ1n) is 10.6. The van der Waals surface area contributed by atoms with Crippen LogP contribution in [0.15, 0.2) is 23.2 Å². The number of rotatable bonds is 5. The van der Waals surface area contributed by atoms with Crippen LogP contribution in [0.2, 0.25) is 0 Å². The summed E-state index contributed by atoms with van der Waals surface area (Å²) in [6, 6.07) is 3.38. The van der Waals surface area contributed by atoms with Gasteiger partial charge in [0.2, 0.25) is 5.90 Å². The van der Waals surface area contributed by atoms with Crippen molar-refractivity contribution in [1.29, 1.82) is 0 Å². The SMILES string of the molecule is O=C(O)CCC(=Nc1ccc2c(c1)C(C#CC1CC1)(C(F)(F)F)OC(=O)N2)ON1C(=O)CCC1=O. The van der Waals surface area contributed by atoms with Crippen molar-refractivity contribution in [3.8, 4) is 11.8 Å². The van der Waals surface area contributed by atoms with Crippen molar-refractivity contribution < 1.29 is 47.0 Å². The molecule has 35 heavy (non-hydrogen) atoms. The smallest absolute Gasteiger partial charge is 0.445 e. The van der Waals surface area contributed by atoms with Crippen LogP contribution in [0.3, 0.4) is 0 Å². The van der Waals surface area contributed by atoms with Crippen LogP contribution in [-0.4, -0.2) is 46.1 Å². The first-order chi connectivity index (χ1) is 16.5. The summed E-state index contributed by atoms with van der Waals surface area (Å²) in [5, 5.41) is 11.6. The van der Waals surface area contributed by atoms with Gasteiger partial charge in [-0.15, -0.1) is 5.06 Å². The monoisotopic (exact) mass is 493 g/mol. The molecule has 1 saturated heterocycles. The standard InChI is InChI=1S/C22H18F3N3O7/c23-22(24,25)21(10-9-12-1-2-12)14-11-13(3-4-15(14)27-20(33)34-21)26-16(5-8-19(31)32)35-28-17(29)6-7-18(28)30/h3-4,11-12H,1-2,5-8H2,(H,27,33)(H,31,32). The highest BCUT2D eigenvalue weighted by Gasteiger charge is 2.62. The third-order valence-electron chi connectivity index (χ3n) is 5.30. The molecule has 2 aliphatic heterocycles. The summed E-state index contributed by atoms with van der Waals surface area (Å²) < 4.78 is 47.5. The van der Waals surface area contributed by atoms with Crippen LogP contribution in [0, 0.1) is 17.8 Å². The van der Waals surface area contributed by atoms with E-state index in [4.69, 9.17) is 14.7 Å². The summed E-state index contributed by atoms with van der Waals surface area (Å²) in [4.78, 5) is 56.0. The topological polar surface area (TPSA) is 135 Å². The van der Waals surface area contributed by atoms with E-state index in [-0.39, 0.29) is 42.5 Å². The van der Waals surface area contributed by atoms with Crippen LogP contribution in [0.5, 0.6) is 0 Å². The Bertz CT molecular complexity index is 1180. The number of hydrogen-bond acceptors (Lipinski definition) is 7. The van der Waals surface area contributed by atoms with Gasteiger partial charge in [0.15, 0.2) is 0 Å². The van der Waals surface area contributed by atoms with Gasteiger partial charge in [-0.2, -0.15) is 13.2 Å². The number of carbonyl (C=O) groups is 4. The normalized spacial score (nSPS) is 22.1. The molecule has 2 fully saturated rings. The molecule has 1 aromatic carbocycles. The van der Waals surface area contributed by atoms with Crippen molar-refractivity contribution in [3.63, 3.8) is 0 Å². The molecule has 1 aliphatic carbocycles. The Morgan fingerprint density at radius 1 is 1.23 bits per heavy atom.